The first-order valence-electron chi connectivity index (χ1n) is 11.1. The van der Waals surface area contributed by atoms with Gasteiger partial charge in [0.15, 0.2) is 0 Å². The first kappa shape index (κ1) is 23.4. The van der Waals surface area contributed by atoms with Crippen molar-refractivity contribution in [2.75, 3.05) is 25.5 Å². The quantitative estimate of drug-likeness (QED) is 0.471. The lowest BCUT2D eigenvalue weighted by Crippen LogP contribution is -2.36. The Morgan fingerprint density at radius 2 is 1.78 bits per heavy atom. The second kappa shape index (κ2) is 10.9. The highest BCUT2D eigenvalue weighted by Crippen LogP contribution is 2.32. The molecule has 1 aromatic carbocycles. The van der Waals surface area contributed by atoms with Crippen molar-refractivity contribution in [2.45, 2.75) is 33.7 Å². The van der Waals surface area contributed by atoms with Gasteiger partial charge in [-0.25, -0.2) is 0 Å². The average Bonchev–Trinajstić information content (AvgIpc) is 2.78. The van der Waals surface area contributed by atoms with E-state index in [0.29, 0.717) is 0 Å². The zero-order chi connectivity index (χ0) is 23.1. The monoisotopic (exact) mass is 426 g/mol. The maximum atomic E-state index is 4.44. The van der Waals surface area contributed by atoms with Crippen LogP contribution in [0.1, 0.15) is 35.7 Å². The van der Waals surface area contributed by atoms with Crippen LogP contribution >= 0.6 is 0 Å². The fraction of sp³-hybridized carbons (Fsp3) is 0.286. The van der Waals surface area contributed by atoms with E-state index in [1.165, 1.54) is 30.6 Å². The first-order chi connectivity index (χ1) is 15.4. The molecule has 2 aromatic heterocycles. The molecule has 0 amide bonds. The Morgan fingerprint density at radius 1 is 1.00 bits per heavy atom. The fourth-order valence-corrected chi connectivity index (χ4v) is 3.49. The van der Waals surface area contributed by atoms with E-state index in [-0.39, 0.29) is 0 Å². The van der Waals surface area contributed by atoms with Gasteiger partial charge < -0.3 is 5.32 Å². The number of nitrogens with zero attached hydrogens (tertiary/aromatic N) is 3. The van der Waals surface area contributed by atoms with Crippen molar-refractivity contribution in [3.05, 3.63) is 96.1 Å². The fourth-order valence-electron chi connectivity index (χ4n) is 3.49. The molecule has 4 heteroatoms. The average molecular weight is 427 g/mol. The van der Waals surface area contributed by atoms with Crippen LogP contribution in [0.3, 0.4) is 0 Å². The molecule has 0 spiro atoms. The Bertz CT molecular complexity index is 1060. The summed E-state index contributed by atoms with van der Waals surface area (Å²) in [5.74, 6) is 0. The Labute approximate surface area is 192 Å². The smallest absolute Gasteiger partial charge is 0.0417 e. The van der Waals surface area contributed by atoms with E-state index in [1.807, 2.05) is 52.5 Å². The number of hydrogen-bond donors (Lipinski definition) is 1. The summed E-state index contributed by atoms with van der Waals surface area (Å²) in [6.45, 7) is 17.6. The molecule has 0 atom stereocenters. The summed E-state index contributed by atoms with van der Waals surface area (Å²) < 4.78 is 0. The van der Waals surface area contributed by atoms with Crippen LogP contribution in [0.15, 0.2) is 73.7 Å². The van der Waals surface area contributed by atoms with E-state index in [9.17, 15) is 0 Å². The van der Waals surface area contributed by atoms with Crippen LogP contribution < -0.4 is 5.32 Å². The van der Waals surface area contributed by atoms with Crippen molar-refractivity contribution >= 4 is 11.3 Å². The van der Waals surface area contributed by atoms with Gasteiger partial charge in [-0.2, -0.15) is 0 Å². The van der Waals surface area contributed by atoms with Gasteiger partial charge in [-0.3, -0.25) is 14.9 Å². The molecule has 4 rings (SSSR count). The van der Waals surface area contributed by atoms with Crippen molar-refractivity contribution < 1.29 is 0 Å². The third-order valence-electron chi connectivity index (χ3n) is 5.67. The second-order valence-electron chi connectivity index (χ2n) is 8.46. The van der Waals surface area contributed by atoms with Crippen molar-refractivity contribution in [3.63, 3.8) is 0 Å². The maximum Gasteiger partial charge on any atom is 0.0417 e. The van der Waals surface area contributed by atoms with Crippen LogP contribution in [0.5, 0.6) is 0 Å². The van der Waals surface area contributed by atoms with E-state index in [4.69, 9.17) is 0 Å². The van der Waals surface area contributed by atoms with Crippen molar-refractivity contribution in [2.24, 2.45) is 0 Å². The molecule has 0 unspecified atom stereocenters. The molecule has 3 aromatic rings. The predicted octanol–water partition coefficient (Wildman–Crippen LogP) is 6.28. The lowest BCUT2D eigenvalue weighted by Gasteiger charge is -2.30. The first-order valence-corrected chi connectivity index (χ1v) is 11.1. The van der Waals surface area contributed by atoms with Gasteiger partial charge in [0.25, 0.3) is 0 Å². The minimum absolute atomic E-state index is 0.964. The number of allylic oxidation sites excluding steroid dienone is 2. The minimum atomic E-state index is 0.964. The highest BCUT2D eigenvalue weighted by molar-refractivity contribution is 5.86. The van der Waals surface area contributed by atoms with E-state index in [2.05, 4.69) is 63.7 Å². The molecule has 0 aliphatic carbocycles. The van der Waals surface area contributed by atoms with Gasteiger partial charge in [0.1, 0.15) is 0 Å². The summed E-state index contributed by atoms with van der Waals surface area (Å²) >= 11 is 0. The molecule has 1 saturated heterocycles. The molecule has 166 valence electrons. The molecule has 4 nitrogen and oxygen atoms in total. The van der Waals surface area contributed by atoms with Crippen LogP contribution in [-0.4, -0.2) is 35.0 Å². The van der Waals surface area contributed by atoms with Gasteiger partial charge in [-0.05, 0) is 86.8 Å². The van der Waals surface area contributed by atoms with E-state index in [0.717, 1.165) is 45.8 Å². The van der Waals surface area contributed by atoms with Crippen molar-refractivity contribution in [1.82, 2.24) is 14.9 Å². The highest BCUT2D eigenvalue weighted by Gasteiger charge is 2.14. The zero-order valence-corrected chi connectivity index (χ0v) is 19.8. The van der Waals surface area contributed by atoms with Crippen LogP contribution in [0.25, 0.3) is 16.7 Å². The van der Waals surface area contributed by atoms with Gasteiger partial charge in [0.05, 0.1) is 0 Å². The summed E-state index contributed by atoms with van der Waals surface area (Å²) in [4.78, 5) is 11.0. The summed E-state index contributed by atoms with van der Waals surface area (Å²) in [5, 5.41) is 3.24. The third kappa shape index (κ3) is 6.14. The predicted molar refractivity (Wildman–Crippen MR) is 137 cm³/mol. The minimum Gasteiger partial charge on any atom is -0.388 e. The number of nitrogens with one attached hydrogen (secondary N) is 1. The number of aromatic nitrogens is 2. The van der Waals surface area contributed by atoms with Crippen LogP contribution in [-0.2, 0) is 6.54 Å². The Hall–Kier alpha value is -3.24. The van der Waals surface area contributed by atoms with Crippen molar-refractivity contribution in [1.29, 1.82) is 0 Å². The molecular formula is C28H34N4. The summed E-state index contributed by atoms with van der Waals surface area (Å²) in [6, 6.07) is 12.7. The number of benzene rings is 1. The zero-order valence-electron chi connectivity index (χ0n) is 19.8. The molecule has 0 bridgehead atoms. The number of pyridine rings is 2. The number of rotatable bonds is 6. The molecule has 0 saturated carbocycles. The normalized spacial score (nSPS) is 12.9. The third-order valence-corrected chi connectivity index (χ3v) is 5.67. The Balaban J connectivity index is 0.000000305. The van der Waals surface area contributed by atoms with Crippen LogP contribution in [0.2, 0.25) is 0 Å². The standard InChI is InChI=1S/C21H25N3.C7H9N/c1-15(2)16(3)20-11-18(6-7-21(20)22-4)19-10-17(12-23-13-19)14-24-8-5-9-24;1-6-3-4-7(2)8-5-6/h6-7,10-13,22H,1,3,5,8-9,14H2,2,4H3;3-5H,1-2H3. The summed E-state index contributed by atoms with van der Waals surface area (Å²) in [5.41, 5.74) is 9.97. The van der Waals surface area contributed by atoms with Gasteiger partial charge in [0, 0.05) is 54.7 Å². The second-order valence-corrected chi connectivity index (χ2v) is 8.46. The largest absolute Gasteiger partial charge is 0.388 e. The van der Waals surface area contributed by atoms with Crippen LogP contribution in [0.4, 0.5) is 5.69 Å². The molecule has 1 N–H and O–H groups in total. The highest BCUT2D eigenvalue weighted by atomic mass is 15.2. The number of hydrogen-bond acceptors (Lipinski definition) is 4. The van der Waals surface area contributed by atoms with E-state index >= 15 is 0 Å². The molecular weight excluding hydrogens is 392 g/mol. The lowest BCUT2D eigenvalue weighted by atomic mass is 9.95. The summed E-state index contributed by atoms with van der Waals surface area (Å²) in [7, 11) is 1.93. The molecule has 32 heavy (non-hydrogen) atoms. The Morgan fingerprint density at radius 3 is 2.34 bits per heavy atom. The maximum absolute atomic E-state index is 4.44. The molecule has 0 radical (unpaired) electrons. The molecule has 1 fully saturated rings. The molecule has 3 heterocycles. The van der Waals surface area contributed by atoms with Crippen molar-refractivity contribution in [3.8, 4) is 11.1 Å². The van der Waals surface area contributed by atoms with Gasteiger partial charge >= 0.3 is 0 Å². The van der Waals surface area contributed by atoms with E-state index < -0.39 is 0 Å². The summed E-state index contributed by atoms with van der Waals surface area (Å²) in [6.07, 6.45) is 7.08. The Kier molecular flexibility index (Phi) is 7.96. The SMILES string of the molecule is C=C(C)C(=C)c1cc(-c2cncc(CN3CCC3)c2)ccc1NC.Cc1ccc(C)nc1. The number of anilines is 1. The van der Waals surface area contributed by atoms with Crippen LogP contribution in [0, 0.1) is 13.8 Å². The number of likely N-dealkylation sites (tertiary alicyclic amines) is 1. The topological polar surface area (TPSA) is 41.1 Å². The lowest BCUT2D eigenvalue weighted by molar-refractivity contribution is 0.172. The molecule has 1 aliphatic heterocycles. The van der Waals surface area contributed by atoms with Gasteiger partial charge in [-0.15, -0.1) is 0 Å². The van der Waals surface area contributed by atoms with E-state index in [1.54, 1.807) is 0 Å². The molecule has 1 aliphatic rings. The van der Waals surface area contributed by atoms with Gasteiger partial charge in [-0.1, -0.05) is 30.9 Å². The van der Waals surface area contributed by atoms with Gasteiger partial charge in [0.2, 0.25) is 0 Å². The number of aryl methyl sites for hydroxylation is 2.